The molecule has 0 saturated heterocycles. The van der Waals surface area contributed by atoms with E-state index in [9.17, 15) is 0 Å². The minimum atomic E-state index is 0.561. The number of hydrogen-bond donors (Lipinski definition) is 0. The molecule has 1 saturated carbocycles. The summed E-state index contributed by atoms with van der Waals surface area (Å²) in [4.78, 5) is 0. The van der Waals surface area contributed by atoms with Gasteiger partial charge in [0.05, 0.1) is 12.7 Å². The van der Waals surface area contributed by atoms with Gasteiger partial charge in [-0.25, -0.2) is 0 Å². The number of benzene rings is 1. The standard InChI is InChI=1S/C11H14O/c1-9-3-2-4-10(7-9)8-12-11-5-6-11/h2-4,7,11H,5-6,8H2,1H3. The molecule has 1 aromatic carbocycles. The first-order valence-electron chi connectivity index (χ1n) is 4.52. The molecule has 0 heterocycles. The zero-order valence-corrected chi connectivity index (χ0v) is 7.42. The summed E-state index contributed by atoms with van der Waals surface area (Å²) in [6.07, 6.45) is 3.07. The van der Waals surface area contributed by atoms with Crippen LogP contribution in [0.4, 0.5) is 0 Å². The normalized spacial score (nSPS) is 16.4. The van der Waals surface area contributed by atoms with Crippen LogP contribution in [0.1, 0.15) is 24.0 Å². The first-order chi connectivity index (χ1) is 5.84. The predicted molar refractivity (Wildman–Crippen MR) is 49.0 cm³/mol. The Morgan fingerprint density at radius 2 is 2.25 bits per heavy atom. The summed E-state index contributed by atoms with van der Waals surface area (Å²) >= 11 is 0. The van der Waals surface area contributed by atoms with E-state index in [1.165, 1.54) is 24.0 Å². The first kappa shape index (κ1) is 7.81. The second-order valence-corrected chi connectivity index (χ2v) is 3.50. The van der Waals surface area contributed by atoms with Crippen molar-refractivity contribution in [2.24, 2.45) is 0 Å². The average molecular weight is 162 g/mol. The van der Waals surface area contributed by atoms with Gasteiger partial charge in [-0.1, -0.05) is 29.8 Å². The van der Waals surface area contributed by atoms with Crippen LogP contribution in [0.25, 0.3) is 0 Å². The van der Waals surface area contributed by atoms with Gasteiger partial charge in [0.2, 0.25) is 0 Å². The average Bonchev–Trinajstić information content (AvgIpc) is 2.84. The largest absolute Gasteiger partial charge is 0.374 e. The van der Waals surface area contributed by atoms with Crippen molar-refractivity contribution in [1.82, 2.24) is 0 Å². The molecule has 12 heavy (non-hydrogen) atoms. The van der Waals surface area contributed by atoms with Crippen LogP contribution >= 0.6 is 0 Å². The Labute approximate surface area is 73.4 Å². The summed E-state index contributed by atoms with van der Waals surface area (Å²) in [7, 11) is 0. The number of aryl methyl sites for hydroxylation is 1. The van der Waals surface area contributed by atoms with Crippen molar-refractivity contribution in [3.8, 4) is 0 Å². The molecule has 0 N–H and O–H groups in total. The van der Waals surface area contributed by atoms with Gasteiger partial charge >= 0.3 is 0 Å². The Hall–Kier alpha value is -0.820. The van der Waals surface area contributed by atoms with E-state index >= 15 is 0 Å². The molecular weight excluding hydrogens is 148 g/mol. The molecular formula is C11H14O. The highest BCUT2D eigenvalue weighted by Crippen LogP contribution is 2.24. The van der Waals surface area contributed by atoms with Crippen LogP contribution in [0.5, 0.6) is 0 Å². The van der Waals surface area contributed by atoms with Crippen molar-refractivity contribution in [2.45, 2.75) is 32.5 Å². The molecule has 64 valence electrons. The van der Waals surface area contributed by atoms with Crippen molar-refractivity contribution in [1.29, 1.82) is 0 Å². The van der Waals surface area contributed by atoms with E-state index in [4.69, 9.17) is 4.74 Å². The summed E-state index contributed by atoms with van der Waals surface area (Å²) in [6, 6.07) is 8.50. The Bertz CT molecular complexity index is 263. The van der Waals surface area contributed by atoms with Gasteiger partial charge in [0.25, 0.3) is 0 Å². The molecule has 0 aromatic heterocycles. The third kappa shape index (κ3) is 2.08. The van der Waals surface area contributed by atoms with Crippen LogP contribution in [0.15, 0.2) is 24.3 Å². The molecule has 1 heteroatoms. The first-order valence-corrected chi connectivity index (χ1v) is 4.52. The van der Waals surface area contributed by atoms with Gasteiger partial charge in [0, 0.05) is 0 Å². The minimum absolute atomic E-state index is 0.561. The molecule has 1 aromatic rings. The minimum Gasteiger partial charge on any atom is -0.374 e. The molecule has 0 amide bonds. The maximum absolute atomic E-state index is 5.59. The fourth-order valence-corrected chi connectivity index (χ4v) is 1.25. The molecule has 1 fully saturated rings. The molecule has 0 bridgehead atoms. The van der Waals surface area contributed by atoms with E-state index in [1.807, 2.05) is 0 Å². The van der Waals surface area contributed by atoms with E-state index in [-0.39, 0.29) is 0 Å². The Morgan fingerprint density at radius 3 is 2.92 bits per heavy atom. The molecule has 0 spiro atoms. The Kier molecular flexibility index (Phi) is 2.13. The van der Waals surface area contributed by atoms with Gasteiger partial charge in [0.15, 0.2) is 0 Å². The third-order valence-electron chi connectivity index (χ3n) is 2.09. The lowest BCUT2D eigenvalue weighted by atomic mass is 10.1. The highest BCUT2D eigenvalue weighted by molar-refractivity contribution is 5.21. The molecule has 0 aliphatic heterocycles. The number of rotatable bonds is 3. The van der Waals surface area contributed by atoms with Crippen LogP contribution in [-0.2, 0) is 11.3 Å². The Balaban J connectivity index is 1.92. The third-order valence-corrected chi connectivity index (χ3v) is 2.09. The Morgan fingerprint density at radius 1 is 1.42 bits per heavy atom. The summed E-state index contributed by atoms with van der Waals surface area (Å²) in [5.74, 6) is 0. The molecule has 0 atom stereocenters. The van der Waals surface area contributed by atoms with Crippen LogP contribution in [0, 0.1) is 6.92 Å². The van der Waals surface area contributed by atoms with Gasteiger partial charge < -0.3 is 4.74 Å². The topological polar surface area (TPSA) is 9.23 Å². The second-order valence-electron chi connectivity index (χ2n) is 3.50. The fraction of sp³-hybridized carbons (Fsp3) is 0.455. The fourth-order valence-electron chi connectivity index (χ4n) is 1.25. The lowest BCUT2D eigenvalue weighted by Crippen LogP contribution is -1.94. The van der Waals surface area contributed by atoms with Gasteiger partial charge in [0.1, 0.15) is 0 Å². The molecule has 2 rings (SSSR count). The van der Waals surface area contributed by atoms with E-state index in [0.29, 0.717) is 6.10 Å². The van der Waals surface area contributed by atoms with Crippen LogP contribution < -0.4 is 0 Å². The van der Waals surface area contributed by atoms with Crippen molar-refractivity contribution >= 4 is 0 Å². The summed E-state index contributed by atoms with van der Waals surface area (Å²) in [5.41, 5.74) is 2.61. The van der Waals surface area contributed by atoms with Gasteiger partial charge in [-0.15, -0.1) is 0 Å². The maximum Gasteiger partial charge on any atom is 0.0720 e. The van der Waals surface area contributed by atoms with Gasteiger partial charge in [-0.3, -0.25) is 0 Å². The smallest absolute Gasteiger partial charge is 0.0720 e. The van der Waals surface area contributed by atoms with Gasteiger partial charge in [-0.2, -0.15) is 0 Å². The van der Waals surface area contributed by atoms with Crippen molar-refractivity contribution in [2.75, 3.05) is 0 Å². The zero-order valence-electron chi connectivity index (χ0n) is 7.42. The van der Waals surface area contributed by atoms with E-state index in [1.54, 1.807) is 0 Å². The van der Waals surface area contributed by atoms with Crippen molar-refractivity contribution < 1.29 is 4.74 Å². The number of ether oxygens (including phenoxy) is 1. The monoisotopic (exact) mass is 162 g/mol. The number of hydrogen-bond acceptors (Lipinski definition) is 1. The lowest BCUT2D eigenvalue weighted by Gasteiger charge is -2.02. The molecule has 0 unspecified atom stereocenters. The van der Waals surface area contributed by atoms with Crippen molar-refractivity contribution in [3.05, 3.63) is 35.4 Å². The second kappa shape index (κ2) is 3.28. The molecule has 0 radical (unpaired) electrons. The SMILES string of the molecule is Cc1cccc(COC2CC2)c1. The van der Waals surface area contributed by atoms with Crippen LogP contribution in [0.3, 0.4) is 0 Å². The summed E-state index contributed by atoms with van der Waals surface area (Å²) in [6.45, 7) is 2.90. The molecule has 1 aliphatic carbocycles. The van der Waals surface area contributed by atoms with Crippen LogP contribution in [0.2, 0.25) is 0 Å². The summed E-state index contributed by atoms with van der Waals surface area (Å²) < 4.78 is 5.59. The lowest BCUT2D eigenvalue weighted by molar-refractivity contribution is 0.106. The highest BCUT2D eigenvalue weighted by Gasteiger charge is 2.21. The van der Waals surface area contributed by atoms with Gasteiger partial charge in [-0.05, 0) is 25.3 Å². The highest BCUT2D eigenvalue weighted by atomic mass is 16.5. The van der Waals surface area contributed by atoms with Crippen molar-refractivity contribution in [3.63, 3.8) is 0 Å². The molecule has 1 aliphatic rings. The van der Waals surface area contributed by atoms with E-state index in [2.05, 4.69) is 31.2 Å². The summed E-state index contributed by atoms with van der Waals surface area (Å²) in [5, 5.41) is 0. The van der Waals surface area contributed by atoms with E-state index < -0.39 is 0 Å². The molecule has 1 nitrogen and oxygen atoms in total. The zero-order chi connectivity index (χ0) is 8.39. The maximum atomic E-state index is 5.59. The van der Waals surface area contributed by atoms with E-state index in [0.717, 1.165) is 6.61 Å². The van der Waals surface area contributed by atoms with Crippen LogP contribution in [-0.4, -0.2) is 6.10 Å². The quantitative estimate of drug-likeness (QED) is 0.664. The predicted octanol–water partition coefficient (Wildman–Crippen LogP) is 2.67.